The predicted molar refractivity (Wildman–Crippen MR) is 131 cm³/mol. The van der Waals surface area contributed by atoms with E-state index in [2.05, 4.69) is 35.7 Å². The van der Waals surface area contributed by atoms with Gasteiger partial charge in [-0.25, -0.2) is 0 Å². The minimum atomic E-state index is -0.0377. The maximum atomic E-state index is 12.9. The second kappa shape index (κ2) is 10.0. The number of carbonyl (C=O) groups is 1. The molecule has 150 valence electrons. The largest absolute Gasteiger partial charge is 0.354 e. The van der Waals surface area contributed by atoms with E-state index < -0.39 is 0 Å². The zero-order valence-electron chi connectivity index (χ0n) is 17.1. The third kappa shape index (κ3) is 5.46. The van der Waals surface area contributed by atoms with Crippen molar-refractivity contribution in [2.45, 2.75) is 0 Å². The summed E-state index contributed by atoms with van der Waals surface area (Å²) in [5, 5.41) is 3.49. The van der Waals surface area contributed by atoms with Gasteiger partial charge in [0, 0.05) is 23.0 Å². The van der Waals surface area contributed by atoms with Crippen molar-refractivity contribution in [3.8, 4) is 0 Å². The summed E-state index contributed by atoms with van der Waals surface area (Å²) in [6.45, 7) is 0. The third-order valence-electron chi connectivity index (χ3n) is 4.90. The van der Waals surface area contributed by atoms with Gasteiger partial charge in [-0.15, -0.1) is 0 Å². The van der Waals surface area contributed by atoms with Crippen LogP contribution in [0.5, 0.6) is 0 Å². The molecule has 0 fully saturated rings. The van der Waals surface area contributed by atoms with Crippen LogP contribution >= 0.6 is 0 Å². The highest BCUT2D eigenvalue weighted by Crippen LogP contribution is 2.24. The number of hydrogen-bond acceptors (Lipinski definition) is 2. The van der Waals surface area contributed by atoms with E-state index in [-0.39, 0.29) is 5.78 Å². The van der Waals surface area contributed by atoms with Gasteiger partial charge in [0.25, 0.3) is 0 Å². The maximum absolute atomic E-state index is 12.9. The molecule has 0 saturated carbocycles. The van der Waals surface area contributed by atoms with E-state index >= 15 is 0 Å². The number of benzene rings is 4. The average molecular weight is 402 g/mol. The lowest BCUT2D eigenvalue weighted by Crippen LogP contribution is -2.04. The number of carbonyl (C=O) groups excluding carboxylic acids is 1. The first-order chi connectivity index (χ1) is 15.3. The molecule has 0 spiro atoms. The Labute approximate surface area is 183 Å². The molecule has 4 aromatic rings. The molecule has 4 aromatic carbocycles. The molecule has 0 amide bonds. The summed E-state index contributed by atoms with van der Waals surface area (Å²) in [4.78, 5) is 12.9. The minimum absolute atomic E-state index is 0.0377. The van der Waals surface area contributed by atoms with Crippen LogP contribution in [-0.4, -0.2) is 5.78 Å². The Bertz CT molecular complexity index is 1190. The normalized spacial score (nSPS) is 11.4. The highest BCUT2D eigenvalue weighted by atomic mass is 16.1. The molecule has 0 bridgehead atoms. The third-order valence-corrected chi connectivity index (χ3v) is 4.90. The van der Waals surface area contributed by atoms with Crippen molar-refractivity contribution in [1.82, 2.24) is 0 Å². The van der Waals surface area contributed by atoms with Crippen molar-refractivity contribution < 1.29 is 4.79 Å². The van der Waals surface area contributed by atoms with Crippen molar-refractivity contribution in [2.75, 3.05) is 5.32 Å². The Kier molecular flexibility index (Phi) is 6.51. The molecule has 0 aliphatic carbocycles. The molecule has 0 saturated heterocycles. The predicted octanol–water partition coefficient (Wildman–Crippen LogP) is 7.19. The number of nitrogens with one attached hydrogen (secondary N) is 1. The summed E-state index contributed by atoms with van der Waals surface area (Å²) in [5.74, 6) is -0.0377. The summed E-state index contributed by atoms with van der Waals surface area (Å²) < 4.78 is 0. The Morgan fingerprint density at radius 1 is 0.581 bits per heavy atom. The van der Waals surface area contributed by atoms with Gasteiger partial charge in [-0.3, -0.25) is 4.79 Å². The van der Waals surface area contributed by atoms with E-state index in [0.717, 1.165) is 28.1 Å². The van der Waals surface area contributed by atoms with E-state index in [1.54, 1.807) is 6.08 Å². The fourth-order valence-corrected chi connectivity index (χ4v) is 3.28. The van der Waals surface area contributed by atoms with Crippen LogP contribution in [-0.2, 0) is 0 Å². The number of rotatable bonds is 7. The number of anilines is 1. The van der Waals surface area contributed by atoms with E-state index in [1.807, 2.05) is 97.1 Å². The standard InChI is InChI=1S/C29H23NO/c31-29(26-17-8-3-9-18-26)22-28(24-14-6-2-7-15-24)30-27-19-11-10-16-25(27)21-20-23-12-4-1-5-13-23/h1-22,30H/b21-20+,28-22+. The Hall–Kier alpha value is -4.17. The second-order valence-electron chi connectivity index (χ2n) is 7.11. The quantitative estimate of drug-likeness (QED) is 0.202. The molecule has 31 heavy (non-hydrogen) atoms. The monoisotopic (exact) mass is 401 g/mol. The van der Waals surface area contributed by atoms with Crippen LogP contribution in [0.15, 0.2) is 121 Å². The summed E-state index contributed by atoms with van der Waals surface area (Å²) in [6, 6.07) is 37.5. The van der Waals surface area contributed by atoms with Gasteiger partial charge < -0.3 is 5.32 Å². The van der Waals surface area contributed by atoms with Gasteiger partial charge in [-0.2, -0.15) is 0 Å². The number of allylic oxidation sites excluding steroid dienone is 1. The van der Waals surface area contributed by atoms with Crippen LogP contribution in [0.25, 0.3) is 17.8 Å². The first-order valence-corrected chi connectivity index (χ1v) is 10.3. The molecule has 0 unspecified atom stereocenters. The van der Waals surface area contributed by atoms with Crippen molar-refractivity contribution in [1.29, 1.82) is 0 Å². The Morgan fingerprint density at radius 2 is 1.13 bits per heavy atom. The minimum Gasteiger partial charge on any atom is -0.354 e. The smallest absolute Gasteiger partial charge is 0.187 e. The van der Waals surface area contributed by atoms with E-state index in [1.165, 1.54) is 0 Å². The first-order valence-electron chi connectivity index (χ1n) is 10.3. The highest BCUT2D eigenvalue weighted by Gasteiger charge is 2.09. The lowest BCUT2D eigenvalue weighted by atomic mass is 10.1. The van der Waals surface area contributed by atoms with Crippen LogP contribution in [0.3, 0.4) is 0 Å². The summed E-state index contributed by atoms with van der Waals surface area (Å²) in [5.41, 5.74) is 5.49. The molecule has 0 aliphatic heterocycles. The number of hydrogen-bond donors (Lipinski definition) is 1. The van der Waals surface area contributed by atoms with E-state index in [9.17, 15) is 4.79 Å². The van der Waals surface area contributed by atoms with Crippen LogP contribution < -0.4 is 5.32 Å². The van der Waals surface area contributed by atoms with Crippen molar-refractivity contribution in [3.05, 3.63) is 144 Å². The molecule has 4 rings (SSSR count). The lowest BCUT2D eigenvalue weighted by Gasteiger charge is -2.14. The second-order valence-corrected chi connectivity index (χ2v) is 7.11. The Morgan fingerprint density at radius 3 is 1.81 bits per heavy atom. The van der Waals surface area contributed by atoms with Gasteiger partial charge >= 0.3 is 0 Å². The van der Waals surface area contributed by atoms with Crippen molar-refractivity contribution in [3.63, 3.8) is 0 Å². The van der Waals surface area contributed by atoms with Crippen molar-refractivity contribution in [2.24, 2.45) is 0 Å². The van der Waals surface area contributed by atoms with Gasteiger partial charge in [-0.1, -0.05) is 121 Å². The van der Waals surface area contributed by atoms with Crippen LogP contribution in [0, 0.1) is 0 Å². The van der Waals surface area contributed by atoms with Gasteiger partial charge in [0.15, 0.2) is 5.78 Å². The first kappa shape index (κ1) is 20.1. The molecule has 2 nitrogen and oxygen atoms in total. The zero-order chi connectivity index (χ0) is 21.3. The van der Waals surface area contributed by atoms with Crippen LogP contribution in [0.1, 0.15) is 27.0 Å². The molecule has 0 radical (unpaired) electrons. The molecule has 1 N–H and O–H groups in total. The van der Waals surface area contributed by atoms with E-state index in [4.69, 9.17) is 0 Å². The molecule has 0 atom stereocenters. The number of para-hydroxylation sites is 1. The van der Waals surface area contributed by atoms with E-state index in [0.29, 0.717) is 5.56 Å². The van der Waals surface area contributed by atoms with Gasteiger partial charge in [0.05, 0.1) is 0 Å². The molecule has 0 aromatic heterocycles. The van der Waals surface area contributed by atoms with Gasteiger partial charge in [0.2, 0.25) is 0 Å². The highest BCUT2D eigenvalue weighted by molar-refractivity contribution is 6.09. The SMILES string of the molecule is O=C(/C=C(/Nc1ccccc1/C=C/c1ccccc1)c1ccccc1)c1ccccc1. The topological polar surface area (TPSA) is 29.1 Å². The van der Waals surface area contributed by atoms with Crippen molar-refractivity contribution >= 4 is 29.3 Å². The zero-order valence-corrected chi connectivity index (χ0v) is 17.1. The molecular formula is C29H23NO. The van der Waals surface area contributed by atoms with Gasteiger partial charge in [0.1, 0.15) is 0 Å². The molecule has 0 heterocycles. The fraction of sp³-hybridized carbons (Fsp3) is 0. The van der Waals surface area contributed by atoms with Gasteiger partial charge in [-0.05, 0) is 22.8 Å². The maximum Gasteiger partial charge on any atom is 0.187 e. The summed E-state index contributed by atoms with van der Waals surface area (Å²) in [6.07, 6.45) is 5.84. The van der Waals surface area contributed by atoms with Crippen LogP contribution in [0.4, 0.5) is 5.69 Å². The molecule has 2 heteroatoms. The molecule has 0 aliphatic rings. The summed E-state index contributed by atoms with van der Waals surface area (Å²) in [7, 11) is 0. The fourth-order valence-electron chi connectivity index (χ4n) is 3.28. The van der Waals surface area contributed by atoms with Crippen LogP contribution in [0.2, 0.25) is 0 Å². The summed E-state index contributed by atoms with van der Waals surface area (Å²) >= 11 is 0. The molecular weight excluding hydrogens is 378 g/mol. The average Bonchev–Trinajstić information content (AvgIpc) is 2.85. The Balaban J connectivity index is 1.67. The number of ketones is 1. The lowest BCUT2D eigenvalue weighted by molar-refractivity contribution is 0.104.